The molecule has 1 amide bonds. The summed E-state index contributed by atoms with van der Waals surface area (Å²) in [4.78, 5) is 33.0. The Morgan fingerprint density at radius 1 is 1.17 bits per heavy atom. The van der Waals surface area contributed by atoms with Crippen molar-refractivity contribution >= 4 is 40.5 Å². The first-order chi connectivity index (χ1) is 14.4. The molecule has 0 bridgehead atoms. The second-order valence-electron chi connectivity index (χ2n) is 6.79. The lowest BCUT2D eigenvalue weighted by Crippen LogP contribution is -2.27. The summed E-state index contributed by atoms with van der Waals surface area (Å²) < 4.78 is 6.41. The second-order valence-corrected chi connectivity index (χ2v) is 7.56. The van der Waals surface area contributed by atoms with Crippen molar-refractivity contribution in [1.29, 1.82) is 0 Å². The van der Waals surface area contributed by atoms with Crippen molar-refractivity contribution in [3.05, 3.63) is 41.6 Å². The topological polar surface area (TPSA) is 111 Å². The Hall–Kier alpha value is -3.14. The Morgan fingerprint density at radius 3 is 2.50 bits per heavy atom. The van der Waals surface area contributed by atoms with Crippen LogP contribution in [0.1, 0.15) is 34.6 Å². The molecule has 0 atom stereocenters. The summed E-state index contributed by atoms with van der Waals surface area (Å²) in [6.07, 6.45) is 3.66. The van der Waals surface area contributed by atoms with Crippen LogP contribution in [-0.2, 0) is 11.3 Å². The SMILES string of the molecule is COC(=O)c1ccc(C(=O)NCCn2ncc3c(NC(C)C)nc(SC)nc32)cc1. The Kier molecular flexibility index (Phi) is 6.88. The quantitative estimate of drug-likeness (QED) is 0.320. The molecule has 0 spiro atoms. The highest BCUT2D eigenvalue weighted by Gasteiger charge is 2.14. The molecule has 10 heteroatoms. The van der Waals surface area contributed by atoms with E-state index in [1.807, 2.05) is 20.1 Å². The van der Waals surface area contributed by atoms with Crippen LogP contribution in [-0.4, -0.2) is 57.6 Å². The number of hydrogen-bond donors (Lipinski definition) is 2. The normalized spacial score (nSPS) is 11.0. The van der Waals surface area contributed by atoms with Gasteiger partial charge in [-0.1, -0.05) is 11.8 Å². The van der Waals surface area contributed by atoms with Gasteiger partial charge in [-0.15, -0.1) is 0 Å². The predicted molar refractivity (Wildman–Crippen MR) is 116 cm³/mol. The average molecular weight is 429 g/mol. The van der Waals surface area contributed by atoms with Crippen LogP contribution in [0.25, 0.3) is 11.0 Å². The van der Waals surface area contributed by atoms with E-state index >= 15 is 0 Å². The van der Waals surface area contributed by atoms with Gasteiger partial charge in [0.25, 0.3) is 5.91 Å². The number of nitrogens with one attached hydrogen (secondary N) is 2. The van der Waals surface area contributed by atoms with E-state index in [0.29, 0.717) is 35.0 Å². The molecule has 0 unspecified atom stereocenters. The number of carbonyl (C=O) groups is 2. The number of thioether (sulfide) groups is 1. The molecule has 0 radical (unpaired) electrons. The number of anilines is 1. The number of carbonyl (C=O) groups excluding carboxylic acids is 2. The van der Waals surface area contributed by atoms with E-state index in [4.69, 9.17) is 0 Å². The third kappa shape index (κ3) is 4.88. The van der Waals surface area contributed by atoms with Crippen molar-refractivity contribution in [1.82, 2.24) is 25.1 Å². The highest BCUT2D eigenvalue weighted by molar-refractivity contribution is 7.98. The van der Waals surface area contributed by atoms with Gasteiger partial charge in [0.1, 0.15) is 5.82 Å². The molecule has 0 saturated heterocycles. The lowest BCUT2D eigenvalue weighted by atomic mass is 10.1. The van der Waals surface area contributed by atoms with Gasteiger partial charge in [-0.25, -0.2) is 19.4 Å². The highest BCUT2D eigenvalue weighted by atomic mass is 32.2. The van der Waals surface area contributed by atoms with Crippen LogP contribution in [0, 0.1) is 0 Å². The summed E-state index contributed by atoms with van der Waals surface area (Å²) in [5, 5.41) is 12.1. The van der Waals surface area contributed by atoms with Crippen molar-refractivity contribution in [3.63, 3.8) is 0 Å². The first kappa shape index (κ1) is 21.6. The van der Waals surface area contributed by atoms with Gasteiger partial charge in [0.05, 0.1) is 30.8 Å². The third-order valence-corrected chi connectivity index (χ3v) is 4.81. The van der Waals surface area contributed by atoms with Crippen molar-refractivity contribution in [3.8, 4) is 0 Å². The molecular weight excluding hydrogens is 404 g/mol. The zero-order valence-corrected chi connectivity index (χ0v) is 18.1. The third-order valence-electron chi connectivity index (χ3n) is 4.26. The largest absolute Gasteiger partial charge is 0.465 e. The number of ether oxygens (including phenoxy) is 1. The zero-order chi connectivity index (χ0) is 21.7. The number of nitrogens with zero attached hydrogens (tertiary/aromatic N) is 4. The van der Waals surface area contributed by atoms with Gasteiger partial charge in [0.15, 0.2) is 10.8 Å². The monoisotopic (exact) mass is 428 g/mol. The maximum Gasteiger partial charge on any atom is 0.337 e. The van der Waals surface area contributed by atoms with Gasteiger partial charge >= 0.3 is 5.97 Å². The van der Waals surface area contributed by atoms with Crippen LogP contribution in [0.2, 0.25) is 0 Å². The van der Waals surface area contributed by atoms with Gasteiger partial charge in [-0.2, -0.15) is 5.10 Å². The van der Waals surface area contributed by atoms with E-state index in [1.54, 1.807) is 35.1 Å². The van der Waals surface area contributed by atoms with Crippen molar-refractivity contribution in [2.75, 3.05) is 25.2 Å². The second kappa shape index (κ2) is 9.57. The molecule has 9 nitrogen and oxygen atoms in total. The maximum absolute atomic E-state index is 12.4. The summed E-state index contributed by atoms with van der Waals surface area (Å²) >= 11 is 1.46. The van der Waals surface area contributed by atoms with Gasteiger partial charge in [0.2, 0.25) is 0 Å². The molecular formula is C20H24N6O3S. The number of benzene rings is 1. The lowest BCUT2D eigenvalue weighted by molar-refractivity contribution is 0.0600. The summed E-state index contributed by atoms with van der Waals surface area (Å²) in [7, 11) is 1.32. The molecule has 0 saturated carbocycles. The van der Waals surface area contributed by atoms with Gasteiger partial charge < -0.3 is 15.4 Å². The molecule has 2 N–H and O–H groups in total. The Bertz CT molecular complexity index is 1050. The summed E-state index contributed by atoms with van der Waals surface area (Å²) in [5.41, 5.74) is 1.57. The zero-order valence-electron chi connectivity index (χ0n) is 17.3. The van der Waals surface area contributed by atoms with Gasteiger partial charge in [-0.05, 0) is 44.4 Å². The van der Waals surface area contributed by atoms with E-state index in [2.05, 4.69) is 30.4 Å². The molecule has 3 aromatic rings. The average Bonchev–Trinajstić information content (AvgIpc) is 3.16. The Labute approximate surface area is 178 Å². The van der Waals surface area contributed by atoms with Crippen LogP contribution < -0.4 is 10.6 Å². The van der Waals surface area contributed by atoms with Crippen molar-refractivity contribution in [2.45, 2.75) is 31.6 Å². The number of methoxy groups -OCH3 is 1. The summed E-state index contributed by atoms with van der Waals surface area (Å²) in [6, 6.07) is 6.53. The lowest BCUT2D eigenvalue weighted by Gasteiger charge is -2.11. The summed E-state index contributed by atoms with van der Waals surface area (Å²) in [6.45, 7) is 4.93. The minimum absolute atomic E-state index is 0.228. The maximum atomic E-state index is 12.4. The number of esters is 1. The fourth-order valence-corrected chi connectivity index (χ4v) is 3.19. The first-order valence-electron chi connectivity index (χ1n) is 9.43. The molecule has 158 valence electrons. The van der Waals surface area contributed by atoms with E-state index in [-0.39, 0.29) is 11.9 Å². The molecule has 0 fully saturated rings. The van der Waals surface area contributed by atoms with E-state index < -0.39 is 5.97 Å². The van der Waals surface area contributed by atoms with E-state index in [1.165, 1.54) is 18.9 Å². The molecule has 0 aliphatic carbocycles. The van der Waals surface area contributed by atoms with Gasteiger partial charge in [0, 0.05) is 18.2 Å². The molecule has 3 rings (SSSR count). The number of hydrogen-bond acceptors (Lipinski definition) is 8. The Morgan fingerprint density at radius 2 is 1.87 bits per heavy atom. The van der Waals surface area contributed by atoms with Gasteiger partial charge in [-0.3, -0.25) is 4.79 Å². The Balaban J connectivity index is 1.68. The summed E-state index contributed by atoms with van der Waals surface area (Å²) in [5.74, 6) is 0.0789. The number of fused-ring (bicyclic) bond motifs is 1. The van der Waals surface area contributed by atoms with Crippen molar-refractivity contribution in [2.24, 2.45) is 0 Å². The number of amides is 1. The number of rotatable bonds is 8. The predicted octanol–water partition coefficient (Wildman–Crippen LogP) is 2.59. The fraction of sp³-hybridized carbons (Fsp3) is 0.350. The molecule has 0 aliphatic rings. The van der Waals surface area contributed by atoms with E-state index in [0.717, 1.165) is 11.2 Å². The molecule has 30 heavy (non-hydrogen) atoms. The standard InChI is InChI=1S/C20H24N6O3S/c1-12(2)23-16-15-11-22-26(17(15)25-20(24-16)30-4)10-9-21-18(27)13-5-7-14(8-6-13)19(28)29-3/h5-8,11-12H,9-10H2,1-4H3,(H,21,27)(H,23,24,25). The van der Waals surface area contributed by atoms with Crippen molar-refractivity contribution < 1.29 is 14.3 Å². The van der Waals surface area contributed by atoms with Crippen LogP contribution in [0.4, 0.5) is 5.82 Å². The smallest absolute Gasteiger partial charge is 0.337 e. The minimum atomic E-state index is -0.439. The highest BCUT2D eigenvalue weighted by Crippen LogP contribution is 2.23. The molecule has 2 aromatic heterocycles. The first-order valence-corrected chi connectivity index (χ1v) is 10.7. The van der Waals surface area contributed by atoms with Crippen LogP contribution in [0.3, 0.4) is 0 Å². The molecule has 2 heterocycles. The van der Waals surface area contributed by atoms with Crippen LogP contribution in [0.5, 0.6) is 0 Å². The minimum Gasteiger partial charge on any atom is -0.465 e. The van der Waals surface area contributed by atoms with E-state index in [9.17, 15) is 9.59 Å². The number of aromatic nitrogens is 4. The molecule has 1 aromatic carbocycles. The fourth-order valence-electron chi connectivity index (χ4n) is 2.83. The molecule has 0 aliphatic heterocycles. The van der Waals surface area contributed by atoms with Crippen LogP contribution in [0.15, 0.2) is 35.6 Å². The van der Waals surface area contributed by atoms with Crippen LogP contribution >= 0.6 is 11.8 Å².